The molecular weight excluding hydrogens is 248 g/mol. The van der Waals surface area contributed by atoms with Crippen LogP contribution < -0.4 is 0 Å². The Balaban J connectivity index is 2.83. The van der Waals surface area contributed by atoms with Gasteiger partial charge in [0.2, 0.25) is 0 Å². The quantitative estimate of drug-likeness (QED) is 0.786. The number of sulfone groups is 1. The van der Waals surface area contributed by atoms with E-state index in [4.69, 9.17) is 5.26 Å². The van der Waals surface area contributed by atoms with E-state index in [0.717, 1.165) is 13.1 Å². The highest BCUT2D eigenvalue weighted by Crippen LogP contribution is 2.13. The molecule has 0 aromatic heterocycles. The summed E-state index contributed by atoms with van der Waals surface area (Å²) in [5, 5.41) is 8.77. The maximum Gasteiger partial charge on any atom is 0.179 e. The predicted molar refractivity (Wildman–Crippen MR) is 71.0 cm³/mol. The number of benzene rings is 1. The van der Waals surface area contributed by atoms with E-state index >= 15 is 0 Å². The van der Waals surface area contributed by atoms with Gasteiger partial charge in [0.15, 0.2) is 9.84 Å². The van der Waals surface area contributed by atoms with Crippen molar-refractivity contribution in [3.63, 3.8) is 0 Å². The van der Waals surface area contributed by atoms with Gasteiger partial charge < -0.3 is 4.90 Å². The highest BCUT2D eigenvalue weighted by molar-refractivity contribution is 7.91. The molecule has 5 heteroatoms. The fraction of sp³-hybridized carbons (Fsp3) is 0.462. The SMILES string of the molecule is CCN(CC)CCS(=O)(=O)c1cccc(C#N)c1. The molecule has 0 amide bonds. The van der Waals surface area contributed by atoms with Crippen molar-refractivity contribution < 1.29 is 8.42 Å². The summed E-state index contributed by atoms with van der Waals surface area (Å²) >= 11 is 0. The third-order valence-electron chi connectivity index (χ3n) is 2.89. The summed E-state index contributed by atoms with van der Waals surface area (Å²) in [5.74, 6) is 0.0869. The molecule has 0 bridgehead atoms. The zero-order chi connectivity index (χ0) is 13.6. The maximum atomic E-state index is 12.1. The fourth-order valence-corrected chi connectivity index (χ4v) is 2.99. The van der Waals surface area contributed by atoms with Crippen molar-refractivity contribution in [1.82, 2.24) is 4.90 Å². The van der Waals surface area contributed by atoms with Crippen LogP contribution in [0.3, 0.4) is 0 Å². The summed E-state index contributed by atoms with van der Waals surface area (Å²) in [5.41, 5.74) is 0.374. The average molecular weight is 266 g/mol. The van der Waals surface area contributed by atoms with E-state index in [0.29, 0.717) is 12.1 Å². The average Bonchev–Trinajstić information content (AvgIpc) is 2.40. The summed E-state index contributed by atoms with van der Waals surface area (Å²) in [6.07, 6.45) is 0. The highest BCUT2D eigenvalue weighted by atomic mass is 32.2. The molecule has 1 aromatic carbocycles. The van der Waals surface area contributed by atoms with E-state index in [1.54, 1.807) is 18.2 Å². The first kappa shape index (κ1) is 14.7. The Morgan fingerprint density at radius 3 is 2.50 bits per heavy atom. The lowest BCUT2D eigenvalue weighted by atomic mass is 10.2. The number of hydrogen-bond acceptors (Lipinski definition) is 4. The Kier molecular flexibility index (Phi) is 5.32. The molecule has 1 rings (SSSR count). The lowest BCUT2D eigenvalue weighted by Gasteiger charge is -2.17. The van der Waals surface area contributed by atoms with Gasteiger partial charge in [-0.3, -0.25) is 0 Å². The van der Waals surface area contributed by atoms with Crippen LogP contribution >= 0.6 is 0 Å². The van der Waals surface area contributed by atoms with Gasteiger partial charge >= 0.3 is 0 Å². The minimum atomic E-state index is -3.30. The third-order valence-corrected chi connectivity index (χ3v) is 4.59. The Morgan fingerprint density at radius 1 is 1.28 bits per heavy atom. The van der Waals surface area contributed by atoms with E-state index < -0.39 is 9.84 Å². The number of hydrogen-bond donors (Lipinski definition) is 0. The first-order valence-electron chi connectivity index (χ1n) is 5.98. The molecule has 4 nitrogen and oxygen atoms in total. The van der Waals surface area contributed by atoms with Gasteiger partial charge in [0, 0.05) is 6.54 Å². The molecule has 0 saturated carbocycles. The van der Waals surface area contributed by atoms with Crippen molar-refractivity contribution in [1.29, 1.82) is 5.26 Å². The van der Waals surface area contributed by atoms with Crippen LogP contribution in [0.15, 0.2) is 29.2 Å². The van der Waals surface area contributed by atoms with Gasteiger partial charge in [0.1, 0.15) is 0 Å². The fourth-order valence-electron chi connectivity index (χ4n) is 1.67. The first-order chi connectivity index (χ1) is 8.53. The Bertz CT molecular complexity index is 528. The van der Waals surface area contributed by atoms with Gasteiger partial charge in [-0.25, -0.2) is 8.42 Å². The second-order valence-electron chi connectivity index (χ2n) is 3.99. The molecule has 1 aromatic rings. The second kappa shape index (κ2) is 6.53. The van der Waals surface area contributed by atoms with Gasteiger partial charge in [-0.05, 0) is 31.3 Å². The van der Waals surface area contributed by atoms with Crippen molar-refractivity contribution in [2.24, 2.45) is 0 Å². The Labute approximate surface area is 109 Å². The van der Waals surface area contributed by atoms with Crippen molar-refractivity contribution in [2.45, 2.75) is 18.7 Å². The van der Waals surface area contributed by atoms with E-state index in [-0.39, 0.29) is 10.6 Å². The minimum Gasteiger partial charge on any atom is -0.303 e. The first-order valence-corrected chi connectivity index (χ1v) is 7.64. The van der Waals surface area contributed by atoms with Crippen molar-refractivity contribution in [3.8, 4) is 6.07 Å². The van der Waals surface area contributed by atoms with Gasteiger partial charge in [-0.2, -0.15) is 5.26 Å². The molecule has 0 unspecified atom stereocenters. The van der Waals surface area contributed by atoms with E-state index in [1.165, 1.54) is 6.07 Å². The summed E-state index contributed by atoms with van der Waals surface area (Å²) in [7, 11) is -3.30. The Hall–Kier alpha value is -1.38. The van der Waals surface area contributed by atoms with Gasteiger partial charge in [0.05, 0.1) is 22.3 Å². The monoisotopic (exact) mass is 266 g/mol. The lowest BCUT2D eigenvalue weighted by molar-refractivity contribution is 0.321. The number of rotatable bonds is 6. The van der Waals surface area contributed by atoms with Crippen molar-refractivity contribution >= 4 is 9.84 Å². The standard InChI is InChI=1S/C13H18N2O2S/c1-3-15(4-2)8-9-18(16,17)13-7-5-6-12(10-13)11-14/h5-7,10H,3-4,8-9H2,1-2H3. The van der Waals surface area contributed by atoms with Crippen molar-refractivity contribution in [2.75, 3.05) is 25.4 Å². The van der Waals surface area contributed by atoms with Gasteiger partial charge in [-0.1, -0.05) is 19.9 Å². The van der Waals surface area contributed by atoms with Crippen LogP contribution in [0.5, 0.6) is 0 Å². The molecule has 0 atom stereocenters. The molecule has 98 valence electrons. The molecule has 0 N–H and O–H groups in total. The highest BCUT2D eigenvalue weighted by Gasteiger charge is 2.15. The molecule has 0 aliphatic rings. The van der Waals surface area contributed by atoms with Crippen LogP contribution in [0, 0.1) is 11.3 Å². The molecule has 0 fully saturated rings. The maximum absolute atomic E-state index is 12.1. The summed E-state index contributed by atoms with van der Waals surface area (Å²) < 4.78 is 24.2. The molecule has 0 radical (unpaired) electrons. The van der Waals surface area contributed by atoms with Crippen LogP contribution in [-0.2, 0) is 9.84 Å². The molecular formula is C13H18N2O2S. The smallest absolute Gasteiger partial charge is 0.179 e. The molecule has 0 saturated heterocycles. The van der Waals surface area contributed by atoms with Crippen LogP contribution in [0.2, 0.25) is 0 Å². The zero-order valence-corrected chi connectivity index (χ0v) is 11.6. The van der Waals surface area contributed by atoms with Crippen molar-refractivity contribution in [3.05, 3.63) is 29.8 Å². The van der Waals surface area contributed by atoms with Crippen LogP contribution in [0.25, 0.3) is 0 Å². The van der Waals surface area contributed by atoms with E-state index in [2.05, 4.69) is 4.90 Å². The van der Waals surface area contributed by atoms with Crippen LogP contribution in [0.4, 0.5) is 0 Å². The Morgan fingerprint density at radius 2 is 1.94 bits per heavy atom. The predicted octanol–water partition coefficient (Wildman–Crippen LogP) is 1.67. The van der Waals surface area contributed by atoms with Crippen LogP contribution in [0.1, 0.15) is 19.4 Å². The number of nitriles is 1. The topological polar surface area (TPSA) is 61.2 Å². The summed E-state index contributed by atoms with van der Waals surface area (Å²) in [6.45, 7) is 6.21. The minimum absolute atomic E-state index is 0.0869. The van der Waals surface area contributed by atoms with Gasteiger partial charge in [-0.15, -0.1) is 0 Å². The molecule has 18 heavy (non-hydrogen) atoms. The largest absolute Gasteiger partial charge is 0.303 e. The molecule has 0 aliphatic carbocycles. The third kappa shape index (κ3) is 3.83. The lowest BCUT2D eigenvalue weighted by Crippen LogP contribution is -2.29. The van der Waals surface area contributed by atoms with E-state index in [9.17, 15) is 8.42 Å². The molecule has 0 spiro atoms. The van der Waals surface area contributed by atoms with Crippen LogP contribution in [-0.4, -0.2) is 38.7 Å². The summed E-state index contributed by atoms with van der Waals surface area (Å²) in [6, 6.07) is 8.12. The number of nitrogens with zero attached hydrogens (tertiary/aromatic N) is 2. The summed E-state index contributed by atoms with van der Waals surface area (Å²) in [4.78, 5) is 2.29. The normalized spacial score (nSPS) is 11.4. The van der Waals surface area contributed by atoms with E-state index in [1.807, 2.05) is 19.9 Å². The second-order valence-corrected chi connectivity index (χ2v) is 6.09. The van der Waals surface area contributed by atoms with Gasteiger partial charge in [0.25, 0.3) is 0 Å². The molecule has 0 aliphatic heterocycles. The zero-order valence-electron chi connectivity index (χ0n) is 10.8. The molecule has 0 heterocycles.